The number of halogens is 1. The molecule has 0 bridgehead atoms. The van der Waals surface area contributed by atoms with Gasteiger partial charge < -0.3 is 10.5 Å². The Morgan fingerprint density at radius 2 is 2.16 bits per heavy atom. The van der Waals surface area contributed by atoms with Crippen LogP contribution in [0.25, 0.3) is 17.2 Å². The van der Waals surface area contributed by atoms with Gasteiger partial charge in [-0.1, -0.05) is 6.07 Å². The van der Waals surface area contributed by atoms with E-state index in [1.54, 1.807) is 12.3 Å². The highest BCUT2D eigenvalue weighted by molar-refractivity contribution is 5.58. The zero-order valence-electron chi connectivity index (χ0n) is 17.0. The van der Waals surface area contributed by atoms with Gasteiger partial charge >= 0.3 is 5.69 Å². The van der Waals surface area contributed by atoms with Gasteiger partial charge in [-0.2, -0.15) is 0 Å². The van der Waals surface area contributed by atoms with Crippen molar-refractivity contribution in [1.82, 2.24) is 24.3 Å². The molecule has 162 valence electrons. The number of imidazole rings is 1. The number of pyridine rings is 2. The van der Waals surface area contributed by atoms with E-state index in [4.69, 9.17) is 10.5 Å². The zero-order chi connectivity index (χ0) is 22.5. The van der Waals surface area contributed by atoms with Crippen molar-refractivity contribution < 1.29 is 14.1 Å². The van der Waals surface area contributed by atoms with Crippen LogP contribution in [0.15, 0.2) is 49.1 Å². The molecule has 1 aliphatic heterocycles. The quantitative estimate of drug-likeness (QED) is 0.382. The largest absolute Gasteiger partial charge is 0.471 e. The van der Waals surface area contributed by atoms with Crippen LogP contribution >= 0.6 is 0 Å². The average Bonchev–Trinajstić information content (AvgIpc) is 3.16. The molecule has 10 nitrogen and oxygen atoms in total. The maximum absolute atomic E-state index is 13.8. The van der Waals surface area contributed by atoms with Crippen LogP contribution in [0, 0.1) is 15.9 Å². The third-order valence-corrected chi connectivity index (χ3v) is 5.48. The van der Waals surface area contributed by atoms with E-state index < -0.39 is 16.3 Å². The number of aromatic nitrogens is 5. The molecule has 0 saturated carbocycles. The summed E-state index contributed by atoms with van der Waals surface area (Å²) in [6.45, 7) is 1.82. The van der Waals surface area contributed by atoms with Crippen LogP contribution in [-0.4, -0.2) is 34.9 Å². The van der Waals surface area contributed by atoms with Crippen molar-refractivity contribution in [3.8, 4) is 17.4 Å². The summed E-state index contributed by atoms with van der Waals surface area (Å²) in [7, 11) is 0. The molecule has 2 atom stereocenters. The minimum absolute atomic E-state index is 0.105. The summed E-state index contributed by atoms with van der Waals surface area (Å²) in [5.41, 5.74) is 7.09. The number of fused-ring (bicyclic) bond motifs is 2. The van der Waals surface area contributed by atoms with E-state index in [1.807, 2.05) is 13.0 Å². The van der Waals surface area contributed by atoms with Crippen LogP contribution < -0.4 is 10.5 Å². The lowest BCUT2D eigenvalue weighted by atomic mass is 9.86. The number of nitrogens with two attached hydrogens (primary N) is 1. The van der Waals surface area contributed by atoms with Gasteiger partial charge in [-0.15, -0.1) is 0 Å². The molecule has 0 aliphatic carbocycles. The van der Waals surface area contributed by atoms with E-state index in [2.05, 4.69) is 19.9 Å². The topological polar surface area (TPSA) is 134 Å². The molecule has 2 unspecified atom stereocenters. The Hall–Kier alpha value is -3.99. The highest BCUT2D eigenvalue weighted by Crippen LogP contribution is 2.39. The summed E-state index contributed by atoms with van der Waals surface area (Å²) >= 11 is 0. The summed E-state index contributed by atoms with van der Waals surface area (Å²) in [6.07, 6.45) is 6.03. The number of hydrogen-bond acceptors (Lipinski definition) is 8. The summed E-state index contributed by atoms with van der Waals surface area (Å²) in [5.74, 6) is 0.135. The van der Waals surface area contributed by atoms with Crippen molar-refractivity contribution in [3.63, 3.8) is 0 Å². The van der Waals surface area contributed by atoms with Gasteiger partial charge in [0, 0.05) is 36.8 Å². The van der Waals surface area contributed by atoms with Gasteiger partial charge in [-0.3, -0.25) is 14.5 Å². The van der Waals surface area contributed by atoms with E-state index in [0.29, 0.717) is 23.6 Å². The maximum Gasteiger partial charge on any atom is 0.309 e. The molecule has 0 aromatic carbocycles. The van der Waals surface area contributed by atoms with E-state index in [0.717, 1.165) is 11.8 Å². The fourth-order valence-electron chi connectivity index (χ4n) is 4.02. The molecule has 32 heavy (non-hydrogen) atoms. The Labute approximate surface area is 181 Å². The van der Waals surface area contributed by atoms with Crippen molar-refractivity contribution in [2.75, 3.05) is 0 Å². The van der Waals surface area contributed by atoms with Crippen molar-refractivity contribution in [1.29, 1.82) is 0 Å². The Morgan fingerprint density at radius 1 is 1.31 bits per heavy atom. The highest BCUT2D eigenvalue weighted by atomic mass is 19.1. The monoisotopic (exact) mass is 435 g/mol. The van der Waals surface area contributed by atoms with Crippen LogP contribution in [0.3, 0.4) is 0 Å². The van der Waals surface area contributed by atoms with Crippen LogP contribution in [0.1, 0.15) is 30.6 Å². The molecule has 4 aromatic heterocycles. The Kier molecular flexibility index (Phi) is 4.55. The third kappa shape index (κ3) is 3.42. The third-order valence-electron chi connectivity index (χ3n) is 5.48. The van der Waals surface area contributed by atoms with E-state index in [9.17, 15) is 14.5 Å². The number of nitro groups is 1. The first kappa shape index (κ1) is 19.9. The van der Waals surface area contributed by atoms with E-state index in [1.165, 1.54) is 28.9 Å². The van der Waals surface area contributed by atoms with Crippen molar-refractivity contribution in [2.24, 2.45) is 5.73 Å². The van der Waals surface area contributed by atoms with Gasteiger partial charge in [0.25, 0.3) is 0 Å². The lowest BCUT2D eigenvalue weighted by Crippen LogP contribution is -2.42. The Balaban J connectivity index is 1.56. The number of ether oxygens (including phenoxy) is 1. The van der Waals surface area contributed by atoms with Gasteiger partial charge in [0.2, 0.25) is 5.88 Å². The molecular weight excluding hydrogens is 417 g/mol. The second-order valence-corrected chi connectivity index (χ2v) is 7.94. The van der Waals surface area contributed by atoms with E-state index >= 15 is 0 Å². The standard InChI is InChI=1S/C21H18FN7O3/c1-21(7-14(23)13-3-2-6-24-20(13)32-21)8-15-16(29(30)31)9-26-19(27-15)17-10-25-18-5-4-12(22)11-28(17)18/h2-6,9-11,14H,7-8,23H2,1H3. The fourth-order valence-corrected chi connectivity index (χ4v) is 4.02. The molecule has 0 spiro atoms. The van der Waals surface area contributed by atoms with Gasteiger partial charge in [-0.25, -0.2) is 24.3 Å². The summed E-state index contributed by atoms with van der Waals surface area (Å²) in [6, 6.07) is 6.12. The maximum atomic E-state index is 13.8. The molecule has 5 rings (SSSR count). The second-order valence-electron chi connectivity index (χ2n) is 7.94. The smallest absolute Gasteiger partial charge is 0.309 e. The Bertz CT molecular complexity index is 1360. The normalized spacial score (nSPS) is 20.0. The molecule has 11 heteroatoms. The molecule has 0 radical (unpaired) electrons. The molecule has 0 amide bonds. The zero-order valence-corrected chi connectivity index (χ0v) is 17.0. The predicted octanol–water partition coefficient (Wildman–Crippen LogP) is 3.02. The molecular formula is C21H18FN7O3. The predicted molar refractivity (Wildman–Crippen MR) is 111 cm³/mol. The minimum Gasteiger partial charge on any atom is -0.471 e. The van der Waals surface area contributed by atoms with Crippen LogP contribution in [-0.2, 0) is 6.42 Å². The number of rotatable bonds is 4. The lowest BCUT2D eigenvalue weighted by molar-refractivity contribution is -0.386. The molecule has 2 N–H and O–H groups in total. The van der Waals surface area contributed by atoms with Crippen LogP contribution in [0.4, 0.5) is 10.1 Å². The molecule has 1 aliphatic rings. The molecule has 5 heterocycles. The molecule has 0 saturated heterocycles. The Morgan fingerprint density at radius 3 is 2.97 bits per heavy atom. The second kappa shape index (κ2) is 7.31. The first-order valence-corrected chi connectivity index (χ1v) is 9.86. The summed E-state index contributed by atoms with van der Waals surface area (Å²) in [5, 5.41) is 11.7. The highest BCUT2D eigenvalue weighted by Gasteiger charge is 2.39. The number of nitrogens with zero attached hydrogens (tertiary/aromatic N) is 6. The fraction of sp³-hybridized carbons (Fsp3) is 0.238. The van der Waals surface area contributed by atoms with Crippen molar-refractivity contribution in [2.45, 2.75) is 31.4 Å². The molecule has 0 fully saturated rings. The first-order chi connectivity index (χ1) is 15.3. The average molecular weight is 435 g/mol. The first-order valence-electron chi connectivity index (χ1n) is 9.86. The van der Waals surface area contributed by atoms with Crippen LogP contribution in [0.2, 0.25) is 0 Å². The summed E-state index contributed by atoms with van der Waals surface area (Å²) < 4.78 is 21.4. The van der Waals surface area contributed by atoms with Gasteiger partial charge in [0.15, 0.2) is 5.82 Å². The number of hydrogen-bond donors (Lipinski definition) is 1. The van der Waals surface area contributed by atoms with Gasteiger partial charge in [0.05, 0.1) is 11.1 Å². The summed E-state index contributed by atoms with van der Waals surface area (Å²) in [4.78, 5) is 28.2. The molecule has 4 aromatic rings. The SMILES string of the molecule is CC1(Cc2nc(-c3cnc4ccc(F)cn34)ncc2[N+](=O)[O-])CC(N)c2cccnc2O1. The lowest BCUT2D eigenvalue weighted by Gasteiger charge is -2.37. The van der Waals surface area contributed by atoms with Crippen molar-refractivity contribution >= 4 is 11.3 Å². The minimum atomic E-state index is -0.872. The van der Waals surface area contributed by atoms with Crippen molar-refractivity contribution in [3.05, 3.63) is 76.2 Å². The van der Waals surface area contributed by atoms with Crippen LogP contribution in [0.5, 0.6) is 5.88 Å². The van der Waals surface area contributed by atoms with Gasteiger partial charge in [-0.05, 0) is 25.1 Å². The van der Waals surface area contributed by atoms with Gasteiger partial charge in [0.1, 0.15) is 34.7 Å². The van der Waals surface area contributed by atoms with E-state index in [-0.39, 0.29) is 29.7 Å².